The van der Waals surface area contributed by atoms with E-state index in [1.807, 2.05) is 13.8 Å². The number of amides is 1. The van der Waals surface area contributed by atoms with Crippen molar-refractivity contribution < 1.29 is 4.79 Å². The minimum absolute atomic E-state index is 0.0401. The van der Waals surface area contributed by atoms with Crippen LogP contribution in [0.1, 0.15) is 13.8 Å². The van der Waals surface area contributed by atoms with Crippen molar-refractivity contribution >= 4 is 11.9 Å². The molecular formula is C7H12N4O. The third kappa shape index (κ3) is 1.81. The minimum Gasteiger partial charge on any atom is -0.295 e. The van der Waals surface area contributed by atoms with Gasteiger partial charge in [-0.2, -0.15) is 10.1 Å². The van der Waals surface area contributed by atoms with E-state index in [0.717, 1.165) is 0 Å². The lowest BCUT2D eigenvalue weighted by molar-refractivity contribution is -0.118. The molecule has 0 fully saturated rings. The van der Waals surface area contributed by atoms with Gasteiger partial charge in [-0.15, -0.1) is 0 Å². The Balaban J connectivity index is 2.64. The number of aryl methyl sites for hydroxylation is 1. The molecule has 66 valence electrons. The van der Waals surface area contributed by atoms with Crippen molar-refractivity contribution in [1.82, 2.24) is 14.8 Å². The Morgan fingerprint density at radius 2 is 2.33 bits per heavy atom. The summed E-state index contributed by atoms with van der Waals surface area (Å²) in [6.07, 6.45) is 1.40. The van der Waals surface area contributed by atoms with Crippen LogP contribution in [0.15, 0.2) is 6.33 Å². The molecule has 1 heterocycles. The van der Waals surface area contributed by atoms with Gasteiger partial charge in [0.25, 0.3) is 0 Å². The number of anilines is 1. The molecule has 5 heteroatoms. The van der Waals surface area contributed by atoms with Crippen molar-refractivity contribution in [2.24, 2.45) is 13.0 Å². The Kier molecular flexibility index (Phi) is 2.42. The Labute approximate surface area is 70.8 Å². The van der Waals surface area contributed by atoms with Gasteiger partial charge < -0.3 is 0 Å². The van der Waals surface area contributed by atoms with E-state index in [4.69, 9.17) is 0 Å². The van der Waals surface area contributed by atoms with Gasteiger partial charge in [-0.1, -0.05) is 13.8 Å². The van der Waals surface area contributed by atoms with E-state index in [-0.39, 0.29) is 11.8 Å². The molecule has 0 unspecified atom stereocenters. The maximum atomic E-state index is 11.2. The van der Waals surface area contributed by atoms with Crippen molar-refractivity contribution in [2.45, 2.75) is 13.8 Å². The molecule has 1 aromatic heterocycles. The molecule has 12 heavy (non-hydrogen) atoms. The molecule has 0 bridgehead atoms. The molecule has 0 saturated carbocycles. The first-order valence-electron chi connectivity index (χ1n) is 3.76. The van der Waals surface area contributed by atoms with Crippen molar-refractivity contribution in [3.63, 3.8) is 0 Å². The topological polar surface area (TPSA) is 59.8 Å². The lowest BCUT2D eigenvalue weighted by Gasteiger charge is -2.05. The number of hydrogen-bond donors (Lipinski definition) is 1. The number of nitrogens with zero attached hydrogens (tertiary/aromatic N) is 3. The van der Waals surface area contributed by atoms with Crippen LogP contribution in [0, 0.1) is 5.92 Å². The first-order valence-corrected chi connectivity index (χ1v) is 3.76. The first-order chi connectivity index (χ1) is 5.61. The third-order valence-electron chi connectivity index (χ3n) is 1.47. The van der Waals surface area contributed by atoms with Crippen LogP contribution in [-0.2, 0) is 11.8 Å². The molecule has 5 nitrogen and oxygen atoms in total. The molecule has 0 radical (unpaired) electrons. The van der Waals surface area contributed by atoms with Gasteiger partial charge in [0.05, 0.1) is 0 Å². The smallest absolute Gasteiger partial charge is 0.229 e. The van der Waals surface area contributed by atoms with Gasteiger partial charge in [0.2, 0.25) is 11.9 Å². The third-order valence-corrected chi connectivity index (χ3v) is 1.47. The SMILES string of the molecule is CC(C)C(=O)Nc1ncnn1C. The molecule has 1 rings (SSSR count). The molecule has 0 saturated heterocycles. The normalized spacial score (nSPS) is 10.3. The number of carbonyl (C=O) groups is 1. The van der Waals surface area contributed by atoms with E-state index in [1.165, 1.54) is 11.0 Å². The molecule has 0 aromatic carbocycles. The van der Waals surface area contributed by atoms with Crippen LogP contribution < -0.4 is 5.32 Å². The summed E-state index contributed by atoms with van der Waals surface area (Å²) in [6, 6.07) is 0. The fourth-order valence-electron chi connectivity index (χ4n) is 0.664. The average molecular weight is 168 g/mol. The molecular weight excluding hydrogens is 156 g/mol. The zero-order valence-corrected chi connectivity index (χ0v) is 7.40. The number of nitrogens with one attached hydrogen (secondary N) is 1. The standard InChI is InChI=1S/C7H12N4O/c1-5(2)6(12)10-7-8-4-9-11(7)3/h4-5H,1-3H3,(H,8,9,10,12). The van der Waals surface area contributed by atoms with Gasteiger partial charge in [-0.3, -0.25) is 10.1 Å². The van der Waals surface area contributed by atoms with Gasteiger partial charge in [0.15, 0.2) is 0 Å². The van der Waals surface area contributed by atoms with Crippen LogP contribution in [0.5, 0.6) is 0 Å². The first kappa shape index (κ1) is 8.70. The number of aromatic nitrogens is 3. The Morgan fingerprint density at radius 1 is 1.67 bits per heavy atom. The summed E-state index contributed by atoms with van der Waals surface area (Å²) in [5, 5.41) is 6.46. The van der Waals surface area contributed by atoms with E-state index in [9.17, 15) is 4.79 Å². The maximum absolute atomic E-state index is 11.2. The summed E-state index contributed by atoms with van der Waals surface area (Å²) in [5.41, 5.74) is 0. The van der Waals surface area contributed by atoms with Crippen LogP contribution in [-0.4, -0.2) is 20.7 Å². The van der Waals surface area contributed by atoms with Gasteiger partial charge in [-0.25, -0.2) is 4.68 Å². The largest absolute Gasteiger partial charge is 0.295 e. The zero-order valence-electron chi connectivity index (χ0n) is 7.40. The lowest BCUT2D eigenvalue weighted by atomic mass is 10.2. The molecule has 1 aromatic rings. The fourth-order valence-corrected chi connectivity index (χ4v) is 0.664. The lowest BCUT2D eigenvalue weighted by Crippen LogP contribution is -2.20. The van der Waals surface area contributed by atoms with Gasteiger partial charge in [-0.05, 0) is 0 Å². The maximum Gasteiger partial charge on any atom is 0.229 e. The summed E-state index contributed by atoms with van der Waals surface area (Å²) < 4.78 is 1.51. The monoisotopic (exact) mass is 168 g/mol. The summed E-state index contributed by atoms with van der Waals surface area (Å²) >= 11 is 0. The van der Waals surface area contributed by atoms with E-state index in [2.05, 4.69) is 15.4 Å². The highest BCUT2D eigenvalue weighted by Gasteiger charge is 2.09. The molecule has 1 amide bonds. The molecule has 0 aliphatic rings. The van der Waals surface area contributed by atoms with Crippen molar-refractivity contribution in [3.8, 4) is 0 Å². The van der Waals surface area contributed by atoms with E-state index in [1.54, 1.807) is 7.05 Å². The predicted octanol–water partition coefficient (Wildman–Crippen LogP) is 0.410. The predicted molar refractivity (Wildman–Crippen MR) is 44.5 cm³/mol. The Hall–Kier alpha value is -1.39. The second-order valence-corrected chi connectivity index (χ2v) is 2.85. The molecule has 1 N–H and O–H groups in total. The minimum atomic E-state index is -0.0499. The summed E-state index contributed by atoms with van der Waals surface area (Å²) in [6.45, 7) is 3.65. The molecule has 0 spiro atoms. The van der Waals surface area contributed by atoms with Crippen molar-refractivity contribution in [2.75, 3.05) is 5.32 Å². The highest BCUT2D eigenvalue weighted by Crippen LogP contribution is 2.01. The zero-order chi connectivity index (χ0) is 9.14. The van der Waals surface area contributed by atoms with Crippen LogP contribution >= 0.6 is 0 Å². The second kappa shape index (κ2) is 3.34. The van der Waals surface area contributed by atoms with Crippen LogP contribution in [0.25, 0.3) is 0 Å². The van der Waals surface area contributed by atoms with Gasteiger partial charge >= 0.3 is 0 Å². The average Bonchev–Trinajstić information content (AvgIpc) is 2.36. The van der Waals surface area contributed by atoms with Gasteiger partial charge in [0, 0.05) is 13.0 Å². The van der Waals surface area contributed by atoms with E-state index in [0.29, 0.717) is 5.95 Å². The molecule has 0 aliphatic carbocycles. The Morgan fingerprint density at radius 3 is 2.75 bits per heavy atom. The summed E-state index contributed by atoms with van der Waals surface area (Å²) in [5.74, 6) is 0.390. The van der Waals surface area contributed by atoms with Crippen molar-refractivity contribution in [3.05, 3.63) is 6.33 Å². The number of rotatable bonds is 2. The van der Waals surface area contributed by atoms with Crippen molar-refractivity contribution in [1.29, 1.82) is 0 Å². The Bertz CT molecular complexity index is 279. The van der Waals surface area contributed by atoms with E-state index >= 15 is 0 Å². The highest BCUT2D eigenvalue weighted by atomic mass is 16.2. The summed E-state index contributed by atoms with van der Waals surface area (Å²) in [4.78, 5) is 15.0. The highest BCUT2D eigenvalue weighted by molar-refractivity contribution is 5.90. The van der Waals surface area contributed by atoms with Crippen LogP contribution in [0.4, 0.5) is 5.95 Å². The van der Waals surface area contributed by atoms with Crippen LogP contribution in [0.3, 0.4) is 0 Å². The second-order valence-electron chi connectivity index (χ2n) is 2.85. The number of carbonyl (C=O) groups excluding carboxylic acids is 1. The number of hydrogen-bond acceptors (Lipinski definition) is 3. The fraction of sp³-hybridized carbons (Fsp3) is 0.571. The van der Waals surface area contributed by atoms with E-state index < -0.39 is 0 Å². The quantitative estimate of drug-likeness (QED) is 0.695. The molecule has 0 aliphatic heterocycles. The molecule has 0 atom stereocenters. The summed E-state index contributed by atoms with van der Waals surface area (Å²) in [7, 11) is 1.73. The van der Waals surface area contributed by atoms with Crippen LogP contribution in [0.2, 0.25) is 0 Å². The van der Waals surface area contributed by atoms with Gasteiger partial charge in [0.1, 0.15) is 6.33 Å².